The number of fused-ring (bicyclic) bond motifs is 1. The van der Waals surface area contributed by atoms with Crippen molar-refractivity contribution in [2.75, 3.05) is 24.5 Å². The molecule has 1 aromatic heterocycles. The number of likely N-dealkylation sites (tertiary alicyclic amines) is 1. The predicted octanol–water partition coefficient (Wildman–Crippen LogP) is 4.13. The predicted molar refractivity (Wildman–Crippen MR) is 127 cm³/mol. The zero-order valence-electron chi connectivity index (χ0n) is 18.7. The molecule has 2 aromatic carbocycles. The van der Waals surface area contributed by atoms with Gasteiger partial charge in [0.05, 0.1) is 12.2 Å². The van der Waals surface area contributed by atoms with Crippen molar-refractivity contribution in [2.45, 2.75) is 38.2 Å². The summed E-state index contributed by atoms with van der Waals surface area (Å²) in [6, 6.07) is 14.5. The van der Waals surface area contributed by atoms with E-state index in [1.807, 2.05) is 35.2 Å². The molecule has 1 fully saturated rings. The van der Waals surface area contributed by atoms with Gasteiger partial charge in [-0.25, -0.2) is 0 Å². The molecule has 9 heteroatoms. The number of aryl methyl sites for hydroxylation is 1. The van der Waals surface area contributed by atoms with E-state index in [0.29, 0.717) is 34.6 Å². The minimum Gasteiger partial charge on any atom is -0.476 e. The number of piperidine rings is 1. The lowest BCUT2D eigenvalue weighted by molar-refractivity contribution is -0.139. The monoisotopic (exact) mass is 480 g/mol. The van der Waals surface area contributed by atoms with E-state index >= 15 is 0 Å². The van der Waals surface area contributed by atoms with Crippen molar-refractivity contribution in [1.29, 1.82) is 0 Å². The molecule has 0 unspecified atom stereocenters. The molecule has 34 heavy (non-hydrogen) atoms. The van der Waals surface area contributed by atoms with Gasteiger partial charge in [-0.1, -0.05) is 28.9 Å². The molecule has 0 radical (unpaired) electrons. The number of amides is 2. The molecule has 0 bridgehead atoms. The molecule has 8 nitrogen and oxygen atoms in total. The van der Waals surface area contributed by atoms with Crippen LogP contribution in [0.25, 0.3) is 11.4 Å². The first kappa shape index (κ1) is 22.4. The molecule has 0 N–H and O–H groups in total. The van der Waals surface area contributed by atoms with Crippen LogP contribution >= 0.6 is 11.6 Å². The molecule has 2 aliphatic heterocycles. The van der Waals surface area contributed by atoms with Crippen LogP contribution < -0.4 is 9.64 Å². The Kier molecular flexibility index (Phi) is 6.49. The van der Waals surface area contributed by atoms with E-state index < -0.39 is 6.10 Å². The number of carbonyl (C=O) groups excluding carboxylic acids is 2. The summed E-state index contributed by atoms with van der Waals surface area (Å²) in [6.45, 7) is 1.66. The van der Waals surface area contributed by atoms with Gasteiger partial charge in [0.2, 0.25) is 17.6 Å². The summed E-state index contributed by atoms with van der Waals surface area (Å²) in [7, 11) is 0. The smallest absolute Gasteiger partial charge is 0.265 e. The normalized spacial score (nSPS) is 17.7. The fourth-order valence-electron chi connectivity index (χ4n) is 4.34. The number of anilines is 1. The van der Waals surface area contributed by atoms with Crippen molar-refractivity contribution in [3.05, 3.63) is 59.4 Å². The van der Waals surface area contributed by atoms with Gasteiger partial charge in [-0.05, 0) is 55.7 Å². The third-order valence-electron chi connectivity index (χ3n) is 6.14. The first-order valence-electron chi connectivity index (χ1n) is 11.5. The van der Waals surface area contributed by atoms with Crippen LogP contribution in [-0.2, 0) is 16.0 Å². The number of nitrogens with zero attached hydrogens (tertiary/aromatic N) is 4. The molecule has 2 amide bonds. The lowest BCUT2D eigenvalue weighted by Gasteiger charge is -2.37. The number of rotatable bonds is 5. The average molecular weight is 481 g/mol. The molecule has 0 aliphatic carbocycles. The van der Waals surface area contributed by atoms with Crippen molar-refractivity contribution >= 4 is 29.1 Å². The summed E-state index contributed by atoms with van der Waals surface area (Å²) in [5, 5.41) is 4.63. The quantitative estimate of drug-likeness (QED) is 0.545. The Morgan fingerprint density at radius 1 is 1.03 bits per heavy atom. The summed E-state index contributed by atoms with van der Waals surface area (Å²) in [5.41, 5.74) is 1.45. The van der Waals surface area contributed by atoms with Crippen molar-refractivity contribution in [3.8, 4) is 17.1 Å². The molecule has 0 spiro atoms. The average Bonchev–Trinajstić information content (AvgIpc) is 3.36. The Bertz CT molecular complexity index is 1170. The van der Waals surface area contributed by atoms with Crippen LogP contribution in [0, 0.1) is 0 Å². The Morgan fingerprint density at radius 3 is 2.59 bits per heavy atom. The highest BCUT2D eigenvalue weighted by Gasteiger charge is 2.36. The summed E-state index contributed by atoms with van der Waals surface area (Å²) in [4.78, 5) is 34.2. The molecule has 1 atom stereocenters. The van der Waals surface area contributed by atoms with E-state index in [1.54, 1.807) is 23.1 Å². The molecular weight excluding hydrogens is 456 g/mol. The van der Waals surface area contributed by atoms with Crippen LogP contribution in [0.5, 0.6) is 5.75 Å². The summed E-state index contributed by atoms with van der Waals surface area (Å²) in [5.74, 6) is 1.18. The molecular formula is C25H25ClN4O4. The topological polar surface area (TPSA) is 88.8 Å². The number of para-hydroxylation sites is 2. The third-order valence-corrected chi connectivity index (χ3v) is 6.39. The van der Waals surface area contributed by atoms with Crippen molar-refractivity contribution in [2.24, 2.45) is 0 Å². The van der Waals surface area contributed by atoms with Crippen molar-refractivity contribution < 1.29 is 18.8 Å². The summed E-state index contributed by atoms with van der Waals surface area (Å²) >= 11 is 5.93. The van der Waals surface area contributed by atoms with E-state index in [2.05, 4.69) is 10.1 Å². The van der Waals surface area contributed by atoms with Crippen LogP contribution in [0.3, 0.4) is 0 Å². The van der Waals surface area contributed by atoms with Gasteiger partial charge in [-0.2, -0.15) is 4.98 Å². The molecule has 0 saturated carbocycles. The van der Waals surface area contributed by atoms with E-state index in [9.17, 15) is 9.59 Å². The maximum atomic E-state index is 13.2. The van der Waals surface area contributed by atoms with E-state index in [4.69, 9.17) is 20.9 Å². The number of ether oxygens (including phenoxy) is 1. The molecule has 3 aromatic rings. The van der Waals surface area contributed by atoms with Gasteiger partial charge in [-0.15, -0.1) is 0 Å². The fraction of sp³-hybridized carbons (Fsp3) is 0.360. The molecule has 176 valence electrons. The Morgan fingerprint density at radius 2 is 1.79 bits per heavy atom. The highest BCUT2D eigenvalue weighted by molar-refractivity contribution is 6.30. The zero-order chi connectivity index (χ0) is 23.5. The number of hydrogen-bond acceptors (Lipinski definition) is 6. The van der Waals surface area contributed by atoms with Crippen LogP contribution in [0.15, 0.2) is 53.1 Å². The number of hydrogen-bond donors (Lipinski definition) is 0. The minimum absolute atomic E-state index is 0.0588. The lowest BCUT2D eigenvalue weighted by Crippen LogP contribution is -2.52. The number of aromatic nitrogens is 2. The number of benzene rings is 2. The minimum atomic E-state index is -0.711. The largest absolute Gasteiger partial charge is 0.476 e. The van der Waals surface area contributed by atoms with Crippen molar-refractivity contribution in [1.82, 2.24) is 15.0 Å². The summed E-state index contributed by atoms with van der Waals surface area (Å²) < 4.78 is 11.4. The zero-order valence-corrected chi connectivity index (χ0v) is 19.4. The standard InChI is InChI=1S/C25H25ClN4O4/c26-18-10-8-17(9-11-18)24-27-22(34-28-24)12-13-23(31)30-16-21(25(32)29-14-4-1-5-15-29)33-20-7-3-2-6-19(20)30/h2-3,6-11,21H,1,4-5,12-16H2/t21-/m0/s1. The summed E-state index contributed by atoms with van der Waals surface area (Å²) in [6.07, 6.45) is 2.89. The molecule has 1 saturated heterocycles. The van der Waals surface area contributed by atoms with Crippen LogP contribution in [0.2, 0.25) is 5.02 Å². The van der Waals surface area contributed by atoms with E-state index in [0.717, 1.165) is 37.9 Å². The van der Waals surface area contributed by atoms with Crippen molar-refractivity contribution in [3.63, 3.8) is 0 Å². The van der Waals surface area contributed by atoms with Gasteiger partial charge >= 0.3 is 0 Å². The second-order valence-corrected chi connectivity index (χ2v) is 8.92. The van der Waals surface area contributed by atoms with Crippen LogP contribution in [0.1, 0.15) is 31.6 Å². The van der Waals surface area contributed by atoms with E-state index in [1.165, 1.54) is 0 Å². The van der Waals surface area contributed by atoms with Gasteiger partial charge in [0, 0.05) is 36.5 Å². The highest BCUT2D eigenvalue weighted by atomic mass is 35.5. The first-order chi connectivity index (χ1) is 16.6. The highest BCUT2D eigenvalue weighted by Crippen LogP contribution is 2.34. The maximum absolute atomic E-state index is 13.2. The fourth-order valence-corrected chi connectivity index (χ4v) is 4.46. The van der Waals surface area contributed by atoms with Crippen LogP contribution in [-0.4, -0.2) is 52.6 Å². The third kappa shape index (κ3) is 4.77. The van der Waals surface area contributed by atoms with E-state index in [-0.39, 0.29) is 24.8 Å². The molecule has 2 aliphatic rings. The van der Waals surface area contributed by atoms with Gasteiger partial charge in [0.15, 0.2) is 6.10 Å². The second kappa shape index (κ2) is 9.85. The lowest BCUT2D eigenvalue weighted by atomic mass is 10.1. The first-order valence-corrected chi connectivity index (χ1v) is 11.9. The van der Waals surface area contributed by atoms with Crippen LogP contribution in [0.4, 0.5) is 5.69 Å². The maximum Gasteiger partial charge on any atom is 0.265 e. The van der Waals surface area contributed by atoms with Gasteiger partial charge in [-0.3, -0.25) is 9.59 Å². The molecule has 5 rings (SSSR count). The SMILES string of the molecule is O=C([C@@H]1CN(C(=O)CCc2nc(-c3ccc(Cl)cc3)no2)c2ccccc2O1)N1CCCCC1. The Hall–Kier alpha value is -3.39. The van der Waals surface area contributed by atoms with Gasteiger partial charge < -0.3 is 19.1 Å². The Balaban J connectivity index is 1.27. The number of halogens is 1. The second-order valence-electron chi connectivity index (χ2n) is 8.48. The number of carbonyl (C=O) groups is 2. The molecule has 3 heterocycles. The van der Waals surface area contributed by atoms with Gasteiger partial charge in [0.25, 0.3) is 5.91 Å². The Labute approximate surface area is 202 Å². The van der Waals surface area contributed by atoms with Gasteiger partial charge in [0.1, 0.15) is 5.75 Å².